The first-order chi connectivity index (χ1) is 6.99. The van der Waals surface area contributed by atoms with Gasteiger partial charge in [0.15, 0.2) is 0 Å². The number of amides is 1. The maximum Gasteiger partial charge on any atom is 0.326 e. The number of hydrogen-bond acceptors (Lipinski definition) is 3. The van der Waals surface area contributed by atoms with Crippen molar-refractivity contribution < 1.29 is 14.7 Å². The molecule has 0 fully saturated rings. The van der Waals surface area contributed by atoms with Crippen LogP contribution >= 0.6 is 11.8 Å². The number of rotatable bonds is 7. The summed E-state index contributed by atoms with van der Waals surface area (Å²) in [4.78, 5) is 22.1. The fraction of sp³-hybridized carbons (Fsp3) is 0.800. The van der Waals surface area contributed by atoms with Crippen molar-refractivity contribution in [2.75, 3.05) is 11.5 Å². The lowest BCUT2D eigenvalue weighted by atomic mass is 10.1. The summed E-state index contributed by atoms with van der Waals surface area (Å²) >= 11 is 1.52. The molecule has 0 aromatic rings. The molecule has 4 nitrogen and oxygen atoms in total. The zero-order chi connectivity index (χ0) is 11.8. The zero-order valence-corrected chi connectivity index (χ0v) is 10.3. The normalized spacial score (nSPS) is 12.5. The van der Waals surface area contributed by atoms with Gasteiger partial charge in [-0.15, -0.1) is 0 Å². The van der Waals surface area contributed by atoms with Crippen LogP contribution < -0.4 is 5.32 Å². The van der Waals surface area contributed by atoms with Crippen LogP contribution in [0.15, 0.2) is 0 Å². The highest BCUT2D eigenvalue weighted by Gasteiger charge is 2.22. The van der Waals surface area contributed by atoms with Gasteiger partial charge in [-0.25, -0.2) is 4.79 Å². The Morgan fingerprint density at radius 1 is 1.40 bits per heavy atom. The Balaban J connectivity index is 3.95. The SMILES string of the molecule is CCCSCC(=O)NC(C(=O)O)C(C)C. The molecule has 88 valence electrons. The lowest BCUT2D eigenvalue weighted by molar-refractivity contribution is -0.142. The van der Waals surface area contributed by atoms with Crippen LogP contribution in [0.3, 0.4) is 0 Å². The molecule has 5 heteroatoms. The molecule has 0 aliphatic rings. The van der Waals surface area contributed by atoms with E-state index in [0.29, 0.717) is 5.75 Å². The van der Waals surface area contributed by atoms with Crippen molar-refractivity contribution in [3.63, 3.8) is 0 Å². The summed E-state index contributed by atoms with van der Waals surface area (Å²) in [7, 11) is 0. The van der Waals surface area contributed by atoms with Crippen molar-refractivity contribution in [2.24, 2.45) is 5.92 Å². The number of carbonyl (C=O) groups is 2. The van der Waals surface area contributed by atoms with Gasteiger partial charge >= 0.3 is 5.97 Å². The quantitative estimate of drug-likeness (QED) is 0.651. The Kier molecular flexibility index (Phi) is 7.21. The van der Waals surface area contributed by atoms with E-state index in [0.717, 1.165) is 12.2 Å². The van der Waals surface area contributed by atoms with Gasteiger partial charge in [0, 0.05) is 0 Å². The molecule has 0 radical (unpaired) electrons. The summed E-state index contributed by atoms with van der Waals surface area (Å²) < 4.78 is 0. The Hall–Kier alpha value is -0.710. The van der Waals surface area contributed by atoms with Gasteiger partial charge in [-0.1, -0.05) is 20.8 Å². The van der Waals surface area contributed by atoms with Crippen LogP contribution in [0, 0.1) is 5.92 Å². The van der Waals surface area contributed by atoms with Crippen molar-refractivity contribution in [3.8, 4) is 0 Å². The van der Waals surface area contributed by atoms with E-state index in [4.69, 9.17) is 5.11 Å². The Morgan fingerprint density at radius 2 is 2.00 bits per heavy atom. The summed E-state index contributed by atoms with van der Waals surface area (Å²) in [6, 6.07) is -0.778. The maximum absolute atomic E-state index is 11.3. The van der Waals surface area contributed by atoms with E-state index >= 15 is 0 Å². The van der Waals surface area contributed by atoms with Gasteiger partial charge in [-0.3, -0.25) is 4.79 Å². The molecule has 2 N–H and O–H groups in total. The van der Waals surface area contributed by atoms with E-state index in [2.05, 4.69) is 5.32 Å². The molecule has 0 aromatic carbocycles. The Morgan fingerprint density at radius 3 is 2.40 bits per heavy atom. The molecular weight excluding hydrogens is 214 g/mol. The van der Waals surface area contributed by atoms with Crippen molar-refractivity contribution >= 4 is 23.6 Å². The van der Waals surface area contributed by atoms with Crippen molar-refractivity contribution in [1.29, 1.82) is 0 Å². The topological polar surface area (TPSA) is 66.4 Å². The molecule has 0 aliphatic heterocycles. The number of hydrogen-bond donors (Lipinski definition) is 2. The fourth-order valence-corrected chi connectivity index (χ4v) is 1.74. The van der Waals surface area contributed by atoms with Gasteiger partial charge in [-0.05, 0) is 18.1 Å². The Bertz CT molecular complexity index is 219. The van der Waals surface area contributed by atoms with Crippen LogP contribution in [-0.2, 0) is 9.59 Å². The molecule has 1 atom stereocenters. The smallest absolute Gasteiger partial charge is 0.326 e. The van der Waals surface area contributed by atoms with Crippen LogP contribution in [0.4, 0.5) is 0 Å². The molecule has 1 amide bonds. The molecule has 1 unspecified atom stereocenters. The largest absolute Gasteiger partial charge is 0.480 e. The van der Waals surface area contributed by atoms with Crippen LogP contribution in [0.2, 0.25) is 0 Å². The predicted molar refractivity (Wildman–Crippen MR) is 62.0 cm³/mol. The molecule has 15 heavy (non-hydrogen) atoms. The first-order valence-electron chi connectivity index (χ1n) is 5.09. The minimum Gasteiger partial charge on any atom is -0.480 e. The molecule has 0 saturated carbocycles. The summed E-state index contributed by atoms with van der Waals surface area (Å²) in [5.41, 5.74) is 0. The lowest BCUT2D eigenvalue weighted by Gasteiger charge is -2.17. The molecule has 0 bridgehead atoms. The second kappa shape index (κ2) is 7.56. The molecule has 0 heterocycles. The van der Waals surface area contributed by atoms with Gasteiger partial charge in [0.2, 0.25) is 5.91 Å². The lowest BCUT2D eigenvalue weighted by Crippen LogP contribution is -2.45. The minimum atomic E-state index is -0.973. The average Bonchev–Trinajstić information content (AvgIpc) is 2.13. The van der Waals surface area contributed by atoms with Crippen LogP contribution in [0.25, 0.3) is 0 Å². The van der Waals surface area contributed by atoms with E-state index in [9.17, 15) is 9.59 Å². The first kappa shape index (κ1) is 14.3. The second-order valence-electron chi connectivity index (χ2n) is 3.68. The van der Waals surface area contributed by atoms with Gasteiger partial charge in [0.05, 0.1) is 5.75 Å². The van der Waals surface area contributed by atoms with E-state index in [1.54, 1.807) is 13.8 Å². The highest BCUT2D eigenvalue weighted by atomic mass is 32.2. The van der Waals surface area contributed by atoms with Crippen LogP contribution in [0.5, 0.6) is 0 Å². The van der Waals surface area contributed by atoms with E-state index in [1.807, 2.05) is 6.92 Å². The number of thioether (sulfide) groups is 1. The standard InChI is InChI=1S/C10H19NO3S/c1-4-5-15-6-8(12)11-9(7(2)3)10(13)14/h7,9H,4-6H2,1-3H3,(H,11,12)(H,13,14). The summed E-state index contributed by atoms with van der Waals surface area (Å²) in [6.07, 6.45) is 1.02. The predicted octanol–water partition coefficient (Wildman–Crippen LogP) is 1.35. The highest BCUT2D eigenvalue weighted by Crippen LogP contribution is 2.04. The third kappa shape index (κ3) is 6.38. The summed E-state index contributed by atoms with van der Waals surface area (Å²) in [6.45, 7) is 5.59. The highest BCUT2D eigenvalue weighted by molar-refractivity contribution is 7.99. The van der Waals surface area contributed by atoms with Gasteiger partial charge in [-0.2, -0.15) is 11.8 Å². The number of carboxylic acids is 1. The number of carboxylic acid groups (broad SMARTS) is 1. The fourth-order valence-electron chi connectivity index (χ4n) is 1.04. The number of nitrogens with one attached hydrogen (secondary N) is 1. The van der Waals surface area contributed by atoms with E-state index in [1.165, 1.54) is 11.8 Å². The molecule has 0 spiro atoms. The van der Waals surface area contributed by atoms with Gasteiger partial charge in [0.25, 0.3) is 0 Å². The second-order valence-corrected chi connectivity index (χ2v) is 4.79. The third-order valence-electron chi connectivity index (χ3n) is 1.83. The molecule has 0 saturated heterocycles. The average molecular weight is 233 g/mol. The van der Waals surface area contributed by atoms with Crippen LogP contribution in [-0.4, -0.2) is 34.5 Å². The van der Waals surface area contributed by atoms with E-state index < -0.39 is 12.0 Å². The molecular formula is C10H19NO3S. The summed E-state index contributed by atoms with van der Waals surface area (Å²) in [5, 5.41) is 11.4. The van der Waals surface area contributed by atoms with Crippen molar-refractivity contribution in [3.05, 3.63) is 0 Å². The van der Waals surface area contributed by atoms with Crippen molar-refractivity contribution in [2.45, 2.75) is 33.2 Å². The minimum absolute atomic E-state index is 0.0948. The monoisotopic (exact) mass is 233 g/mol. The summed E-state index contributed by atoms with van der Waals surface area (Å²) in [5.74, 6) is -0.00649. The number of aliphatic carboxylic acids is 1. The van der Waals surface area contributed by atoms with Gasteiger partial charge < -0.3 is 10.4 Å². The first-order valence-corrected chi connectivity index (χ1v) is 6.24. The number of carbonyl (C=O) groups excluding carboxylic acids is 1. The van der Waals surface area contributed by atoms with Gasteiger partial charge in [0.1, 0.15) is 6.04 Å². The molecule has 0 aliphatic carbocycles. The Labute approximate surface area is 94.8 Å². The van der Waals surface area contributed by atoms with Crippen LogP contribution in [0.1, 0.15) is 27.2 Å². The molecule has 0 aromatic heterocycles. The van der Waals surface area contributed by atoms with E-state index in [-0.39, 0.29) is 11.8 Å². The zero-order valence-electron chi connectivity index (χ0n) is 9.45. The molecule has 0 rings (SSSR count). The van der Waals surface area contributed by atoms with Crippen molar-refractivity contribution in [1.82, 2.24) is 5.32 Å². The third-order valence-corrected chi connectivity index (χ3v) is 2.99. The maximum atomic E-state index is 11.3.